The van der Waals surface area contributed by atoms with Crippen LogP contribution in [-0.2, 0) is 16.8 Å². The Bertz CT molecular complexity index is 1110. The number of amides is 1. The lowest BCUT2D eigenvalue weighted by molar-refractivity contribution is 0.0768. The molecular formula is C29H36N4O3. The van der Waals surface area contributed by atoms with Crippen LogP contribution in [0.1, 0.15) is 54.0 Å². The highest BCUT2D eigenvalue weighted by atomic mass is 16.5. The van der Waals surface area contributed by atoms with E-state index in [9.17, 15) is 9.90 Å². The predicted octanol–water partition coefficient (Wildman–Crippen LogP) is 4.26. The number of likely N-dealkylation sites (tertiary alicyclic amines) is 1. The van der Waals surface area contributed by atoms with Crippen LogP contribution in [0.5, 0.6) is 5.75 Å². The van der Waals surface area contributed by atoms with Gasteiger partial charge < -0.3 is 19.6 Å². The Balaban J connectivity index is 1.46. The number of rotatable bonds is 10. The van der Waals surface area contributed by atoms with E-state index in [0.29, 0.717) is 37.7 Å². The average molecular weight is 489 g/mol. The fraction of sp³-hybridized carbons (Fsp3) is 0.414. The number of aromatic hydroxyl groups is 1. The summed E-state index contributed by atoms with van der Waals surface area (Å²) in [6.07, 6.45) is 4.94. The van der Waals surface area contributed by atoms with Crippen LogP contribution in [0.2, 0.25) is 0 Å². The minimum Gasteiger partial charge on any atom is -0.508 e. The Hall–Kier alpha value is -3.29. The van der Waals surface area contributed by atoms with Gasteiger partial charge in [0, 0.05) is 32.0 Å². The van der Waals surface area contributed by atoms with Gasteiger partial charge in [0.1, 0.15) is 11.6 Å². The number of phenols is 1. The number of ether oxygens (including phenoxy) is 1. The smallest absolute Gasteiger partial charge is 0.256 e. The molecule has 0 bridgehead atoms. The van der Waals surface area contributed by atoms with Crippen molar-refractivity contribution in [3.63, 3.8) is 0 Å². The van der Waals surface area contributed by atoms with Crippen molar-refractivity contribution in [1.82, 2.24) is 19.8 Å². The number of hydrogen-bond donors (Lipinski definition) is 1. The first-order valence-corrected chi connectivity index (χ1v) is 12.8. The molecule has 0 saturated carbocycles. The largest absolute Gasteiger partial charge is 0.508 e. The lowest BCUT2D eigenvalue weighted by Gasteiger charge is -2.41. The molecule has 2 heterocycles. The molecule has 0 radical (unpaired) electrons. The zero-order valence-electron chi connectivity index (χ0n) is 21.3. The van der Waals surface area contributed by atoms with Gasteiger partial charge >= 0.3 is 0 Å². The summed E-state index contributed by atoms with van der Waals surface area (Å²) in [5.74, 6) is 0.879. The quantitative estimate of drug-likeness (QED) is 0.430. The third kappa shape index (κ3) is 5.91. The fourth-order valence-corrected chi connectivity index (χ4v) is 4.94. The van der Waals surface area contributed by atoms with Crippen molar-refractivity contribution < 1.29 is 14.6 Å². The van der Waals surface area contributed by atoms with Gasteiger partial charge in [0.25, 0.3) is 5.91 Å². The summed E-state index contributed by atoms with van der Waals surface area (Å²) in [6, 6.07) is 17.6. The van der Waals surface area contributed by atoms with Crippen molar-refractivity contribution in [2.75, 3.05) is 39.3 Å². The first-order chi connectivity index (χ1) is 17.6. The van der Waals surface area contributed by atoms with E-state index >= 15 is 0 Å². The van der Waals surface area contributed by atoms with Gasteiger partial charge in [-0.25, -0.2) is 9.97 Å². The molecule has 4 rings (SSSR count). The van der Waals surface area contributed by atoms with Crippen molar-refractivity contribution in [1.29, 1.82) is 0 Å². The van der Waals surface area contributed by atoms with Crippen molar-refractivity contribution in [2.45, 2.75) is 38.7 Å². The van der Waals surface area contributed by atoms with Crippen LogP contribution in [0.25, 0.3) is 0 Å². The number of hydrogen-bond acceptors (Lipinski definition) is 6. The van der Waals surface area contributed by atoms with Gasteiger partial charge in [-0.2, -0.15) is 0 Å². The van der Waals surface area contributed by atoms with E-state index in [-0.39, 0.29) is 11.7 Å². The minimum absolute atomic E-state index is 0.0525. The summed E-state index contributed by atoms with van der Waals surface area (Å²) in [5, 5.41) is 10.2. The third-order valence-electron chi connectivity index (χ3n) is 7.15. The topological polar surface area (TPSA) is 78.8 Å². The molecule has 1 saturated heterocycles. The van der Waals surface area contributed by atoms with Gasteiger partial charge in [0.15, 0.2) is 0 Å². The molecule has 1 aliphatic heterocycles. The molecule has 7 heteroatoms. The maximum absolute atomic E-state index is 12.7. The average Bonchev–Trinajstić information content (AvgIpc) is 2.93. The van der Waals surface area contributed by atoms with E-state index in [0.717, 1.165) is 38.0 Å². The molecule has 7 nitrogen and oxygen atoms in total. The van der Waals surface area contributed by atoms with Crippen LogP contribution in [0.4, 0.5) is 0 Å². The number of phenolic OH excluding ortho intramolecular Hbond substituents is 1. The molecule has 1 fully saturated rings. The van der Waals surface area contributed by atoms with Crippen LogP contribution < -0.4 is 0 Å². The molecule has 0 aliphatic carbocycles. The zero-order valence-corrected chi connectivity index (χ0v) is 21.3. The molecule has 2 aromatic carbocycles. The van der Waals surface area contributed by atoms with E-state index in [1.54, 1.807) is 23.4 Å². The number of nitrogens with zero attached hydrogens (tertiary/aromatic N) is 4. The highest BCUT2D eigenvalue weighted by Crippen LogP contribution is 2.41. The first kappa shape index (κ1) is 25.8. The summed E-state index contributed by atoms with van der Waals surface area (Å²) in [6.45, 7) is 9.12. The molecule has 1 aliphatic rings. The Morgan fingerprint density at radius 3 is 2.36 bits per heavy atom. The summed E-state index contributed by atoms with van der Waals surface area (Å²) in [5.41, 5.74) is 2.27. The second kappa shape index (κ2) is 12.1. The van der Waals surface area contributed by atoms with E-state index in [1.807, 2.05) is 50.2 Å². The van der Waals surface area contributed by atoms with E-state index in [4.69, 9.17) is 14.7 Å². The van der Waals surface area contributed by atoms with Gasteiger partial charge in [-0.05, 0) is 63.0 Å². The molecule has 190 valence electrons. The van der Waals surface area contributed by atoms with Crippen molar-refractivity contribution in [3.8, 4) is 5.75 Å². The number of carbonyl (C=O) groups is 1. The van der Waals surface area contributed by atoms with Crippen LogP contribution >= 0.6 is 0 Å². The summed E-state index contributed by atoms with van der Waals surface area (Å²) >= 11 is 0. The van der Waals surface area contributed by atoms with Crippen molar-refractivity contribution in [3.05, 3.63) is 89.5 Å². The van der Waals surface area contributed by atoms with Gasteiger partial charge in [-0.1, -0.05) is 42.5 Å². The summed E-state index contributed by atoms with van der Waals surface area (Å²) < 4.78 is 5.90. The van der Waals surface area contributed by atoms with Gasteiger partial charge in [-0.15, -0.1) is 0 Å². The number of aromatic nitrogens is 2. The summed E-state index contributed by atoms with van der Waals surface area (Å²) in [4.78, 5) is 26.3. The van der Waals surface area contributed by atoms with Crippen LogP contribution in [-0.4, -0.2) is 70.1 Å². The Morgan fingerprint density at radius 1 is 1.03 bits per heavy atom. The second-order valence-corrected chi connectivity index (χ2v) is 9.29. The number of benzene rings is 2. The maximum atomic E-state index is 12.7. The summed E-state index contributed by atoms with van der Waals surface area (Å²) in [7, 11) is 0. The van der Waals surface area contributed by atoms with Gasteiger partial charge in [0.05, 0.1) is 24.2 Å². The third-order valence-corrected chi connectivity index (χ3v) is 7.15. The molecule has 0 spiro atoms. The highest BCUT2D eigenvalue weighted by molar-refractivity contribution is 5.93. The molecular weight excluding hydrogens is 452 g/mol. The molecule has 1 amide bonds. The van der Waals surface area contributed by atoms with Gasteiger partial charge in [-0.3, -0.25) is 4.79 Å². The van der Waals surface area contributed by atoms with E-state index < -0.39 is 5.41 Å². The lowest BCUT2D eigenvalue weighted by Crippen LogP contribution is -2.45. The molecule has 0 unspecified atom stereocenters. The minimum atomic E-state index is -0.420. The number of piperidine rings is 1. The Labute approximate surface area is 213 Å². The molecule has 0 atom stereocenters. The Morgan fingerprint density at radius 2 is 1.72 bits per heavy atom. The SMILES string of the molecule is CCN(CC)C(=O)c1cnc(C2(c3cccc(O)c3)CCN(CCOCc3ccccc3)CC2)nc1. The fourth-order valence-electron chi connectivity index (χ4n) is 4.94. The first-order valence-electron chi connectivity index (χ1n) is 12.8. The van der Waals surface area contributed by atoms with E-state index in [2.05, 4.69) is 17.0 Å². The number of carbonyl (C=O) groups excluding carboxylic acids is 1. The molecule has 36 heavy (non-hydrogen) atoms. The normalized spacial score (nSPS) is 15.5. The zero-order chi connectivity index (χ0) is 25.4. The van der Waals surface area contributed by atoms with E-state index in [1.165, 1.54) is 5.56 Å². The van der Waals surface area contributed by atoms with Crippen LogP contribution in [0.3, 0.4) is 0 Å². The van der Waals surface area contributed by atoms with Gasteiger partial charge in [0.2, 0.25) is 0 Å². The Kier molecular flexibility index (Phi) is 8.67. The van der Waals surface area contributed by atoms with Crippen molar-refractivity contribution in [2.24, 2.45) is 0 Å². The standard InChI is InChI=1S/C29H36N4O3/c1-3-33(4-2)27(35)24-20-30-28(31-21-24)29(25-11-8-12-26(34)19-25)13-15-32(16-14-29)17-18-36-22-23-9-6-5-7-10-23/h5-12,19-21,34H,3-4,13-18,22H2,1-2H3. The van der Waals surface area contributed by atoms with Crippen LogP contribution in [0.15, 0.2) is 67.0 Å². The highest BCUT2D eigenvalue weighted by Gasteiger charge is 2.40. The second-order valence-electron chi connectivity index (χ2n) is 9.29. The maximum Gasteiger partial charge on any atom is 0.256 e. The lowest BCUT2D eigenvalue weighted by atomic mass is 9.72. The molecule has 1 N–H and O–H groups in total. The predicted molar refractivity (Wildman–Crippen MR) is 140 cm³/mol. The molecule has 1 aromatic heterocycles. The van der Waals surface area contributed by atoms with Crippen molar-refractivity contribution >= 4 is 5.91 Å². The monoisotopic (exact) mass is 488 g/mol. The molecule has 3 aromatic rings. The van der Waals surface area contributed by atoms with Crippen LogP contribution in [0, 0.1) is 0 Å².